The molecule has 1 aliphatic rings. The van der Waals surface area contributed by atoms with Crippen LogP contribution >= 0.6 is 0 Å². The molecule has 3 N–H and O–H groups in total. The second kappa shape index (κ2) is 4.94. The number of hydrogen-bond acceptors (Lipinski definition) is 2. The first kappa shape index (κ1) is 10.2. The second-order valence-corrected chi connectivity index (χ2v) is 3.84. The monoisotopic (exact) mass is 185 g/mol. The van der Waals surface area contributed by atoms with Crippen molar-refractivity contribution in [1.29, 1.82) is 0 Å². The van der Waals surface area contributed by atoms with Crippen LogP contribution in [0.25, 0.3) is 0 Å². The lowest BCUT2D eigenvalue weighted by Gasteiger charge is -2.26. The van der Waals surface area contributed by atoms with Gasteiger partial charge in [-0.2, -0.15) is 0 Å². The van der Waals surface area contributed by atoms with Crippen molar-refractivity contribution in [2.45, 2.75) is 32.1 Å². The van der Waals surface area contributed by atoms with Gasteiger partial charge in [-0.1, -0.05) is 24.4 Å². The van der Waals surface area contributed by atoms with Gasteiger partial charge in [0.2, 0.25) is 5.96 Å². The van der Waals surface area contributed by atoms with Gasteiger partial charge in [-0.3, -0.25) is 0 Å². The number of nitrogens with zero attached hydrogens (tertiary/aromatic N) is 2. The summed E-state index contributed by atoms with van der Waals surface area (Å²) in [4.78, 5) is 1.82. The molecule has 0 aromatic carbocycles. The molecule has 0 saturated heterocycles. The number of nitrogens with two attached hydrogens (primary N) is 1. The summed E-state index contributed by atoms with van der Waals surface area (Å²) in [7, 11) is 1.86. The Morgan fingerprint density at radius 2 is 2.08 bits per heavy atom. The molecule has 0 atom stereocenters. The van der Waals surface area contributed by atoms with E-state index in [2.05, 4.69) is 5.16 Å². The zero-order chi connectivity index (χ0) is 9.68. The zero-order valence-electron chi connectivity index (χ0n) is 8.24. The minimum atomic E-state index is 0.213. The van der Waals surface area contributed by atoms with E-state index in [1.807, 2.05) is 11.9 Å². The van der Waals surface area contributed by atoms with Crippen LogP contribution < -0.4 is 5.73 Å². The molecule has 0 radical (unpaired) electrons. The van der Waals surface area contributed by atoms with Crippen LogP contribution in [0.4, 0.5) is 0 Å². The molecule has 0 heterocycles. The van der Waals surface area contributed by atoms with Gasteiger partial charge in [0, 0.05) is 13.6 Å². The predicted octanol–water partition coefficient (Wildman–Crippen LogP) is 1.20. The number of hydrogen-bond donors (Lipinski definition) is 2. The van der Waals surface area contributed by atoms with Crippen LogP contribution in [-0.4, -0.2) is 29.7 Å². The minimum Gasteiger partial charge on any atom is -0.408 e. The molecule has 1 rings (SSSR count). The molecule has 0 unspecified atom stereocenters. The molecule has 13 heavy (non-hydrogen) atoms. The van der Waals surface area contributed by atoms with Crippen molar-refractivity contribution in [1.82, 2.24) is 4.90 Å². The maximum absolute atomic E-state index is 8.46. The van der Waals surface area contributed by atoms with Crippen LogP contribution in [0.15, 0.2) is 5.16 Å². The molecule has 1 saturated carbocycles. The van der Waals surface area contributed by atoms with Gasteiger partial charge in [-0.25, -0.2) is 0 Å². The Balaban J connectivity index is 2.30. The highest BCUT2D eigenvalue weighted by Gasteiger charge is 2.16. The molecule has 0 spiro atoms. The summed E-state index contributed by atoms with van der Waals surface area (Å²) < 4.78 is 0. The van der Waals surface area contributed by atoms with E-state index in [9.17, 15) is 0 Å². The topological polar surface area (TPSA) is 61.8 Å². The Hall–Kier alpha value is -0.930. The van der Waals surface area contributed by atoms with Crippen molar-refractivity contribution in [3.8, 4) is 0 Å². The fourth-order valence-corrected chi connectivity index (χ4v) is 1.93. The highest BCUT2D eigenvalue weighted by Crippen LogP contribution is 2.23. The van der Waals surface area contributed by atoms with Gasteiger partial charge < -0.3 is 15.8 Å². The first-order chi connectivity index (χ1) is 6.24. The van der Waals surface area contributed by atoms with E-state index in [4.69, 9.17) is 10.9 Å². The lowest BCUT2D eigenvalue weighted by Crippen LogP contribution is -2.37. The highest BCUT2D eigenvalue weighted by atomic mass is 16.4. The summed E-state index contributed by atoms with van der Waals surface area (Å²) in [5.74, 6) is 0.935. The molecule has 76 valence electrons. The number of oxime groups is 1. The van der Waals surface area contributed by atoms with Gasteiger partial charge in [-0.05, 0) is 18.8 Å². The molecular weight excluding hydrogens is 166 g/mol. The van der Waals surface area contributed by atoms with Crippen LogP contribution in [0.3, 0.4) is 0 Å². The third-order valence-electron chi connectivity index (χ3n) is 2.75. The Morgan fingerprint density at radius 1 is 1.46 bits per heavy atom. The van der Waals surface area contributed by atoms with Crippen LogP contribution in [0.5, 0.6) is 0 Å². The van der Waals surface area contributed by atoms with Crippen molar-refractivity contribution >= 4 is 5.96 Å². The maximum atomic E-state index is 8.46. The first-order valence-electron chi connectivity index (χ1n) is 4.92. The fourth-order valence-electron chi connectivity index (χ4n) is 1.93. The van der Waals surface area contributed by atoms with E-state index in [0.29, 0.717) is 0 Å². The van der Waals surface area contributed by atoms with Gasteiger partial charge in [0.05, 0.1) is 0 Å². The Labute approximate surface area is 79.4 Å². The summed E-state index contributed by atoms with van der Waals surface area (Å²) in [6.45, 7) is 0.913. The molecule has 0 aliphatic heterocycles. The lowest BCUT2D eigenvalue weighted by atomic mass is 9.89. The number of rotatable bonds is 2. The number of guanidine groups is 1. The Kier molecular flexibility index (Phi) is 3.86. The first-order valence-corrected chi connectivity index (χ1v) is 4.92. The summed E-state index contributed by atoms with van der Waals surface area (Å²) in [6.07, 6.45) is 6.58. The second-order valence-electron chi connectivity index (χ2n) is 3.84. The van der Waals surface area contributed by atoms with Crippen LogP contribution in [0, 0.1) is 5.92 Å². The van der Waals surface area contributed by atoms with E-state index in [-0.39, 0.29) is 5.96 Å². The van der Waals surface area contributed by atoms with E-state index in [1.165, 1.54) is 32.1 Å². The quantitative estimate of drug-likeness (QED) is 0.294. The van der Waals surface area contributed by atoms with Crippen molar-refractivity contribution < 1.29 is 5.21 Å². The third-order valence-corrected chi connectivity index (χ3v) is 2.75. The minimum absolute atomic E-state index is 0.213. The smallest absolute Gasteiger partial charge is 0.233 e. The standard InChI is InChI=1S/C9H19N3O/c1-12(9(10)11-13)7-8-5-3-2-4-6-8/h8,13H,2-7H2,1H3,(H2,10,11). The molecule has 0 bridgehead atoms. The van der Waals surface area contributed by atoms with Gasteiger partial charge >= 0.3 is 0 Å². The molecule has 1 aliphatic carbocycles. The van der Waals surface area contributed by atoms with Gasteiger partial charge in [0.1, 0.15) is 0 Å². The van der Waals surface area contributed by atoms with Crippen molar-refractivity contribution in [3.63, 3.8) is 0 Å². The van der Waals surface area contributed by atoms with Gasteiger partial charge in [0.25, 0.3) is 0 Å². The third kappa shape index (κ3) is 3.13. The van der Waals surface area contributed by atoms with Gasteiger partial charge in [-0.15, -0.1) is 0 Å². The highest BCUT2D eigenvalue weighted by molar-refractivity contribution is 5.76. The molecule has 1 fully saturated rings. The van der Waals surface area contributed by atoms with Crippen LogP contribution in [0.2, 0.25) is 0 Å². The molecule has 0 amide bonds. The Bertz CT molecular complexity index is 176. The largest absolute Gasteiger partial charge is 0.408 e. The zero-order valence-corrected chi connectivity index (χ0v) is 8.24. The molecular formula is C9H19N3O. The summed E-state index contributed by atoms with van der Waals surface area (Å²) in [6, 6.07) is 0. The van der Waals surface area contributed by atoms with Crippen molar-refractivity contribution in [2.75, 3.05) is 13.6 Å². The van der Waals surface area contributed by atoms with Crippen LogP contribution in [0.1, 0.15) is 32.1 Å². The normalized spacial score (nSPS) is 20.2. The predicted molar refractivity (Wildman–Crippen MR) is 52.6 cm³/mol. The summed E-state index contributed by atoms with van der Waals surface area (Å²) >= 11 is 0. The lowest BCUT2D eigenvalue weighted by molar-refractivity contribution is 0.273. The molecule has 4 nitrogen and oxygen atoms in total. The Morgan fingerprint density at radius 3 is 2.62 bits per heavy atom. The maximum Gasteiger partial charge on any atom is 0.233 e. The van der Waals surface area contributed by atoms with E-state index in [1.54, 1.807) is 0 Å². The van der Waals surface area contributed by atoms with E-state index < -0.39 is 0 Å². The SMILES string of the molecule is CN(CC1CCCCC1)/C(N)=N/O. The van der Waals surface area contributed by atoms with Gasteiger partial charge in [0.15, 0.2) is 0 Å². The van der Waals surface area contributed by atoms with E-state index in [0.717, 1.165) is 12.5 Å². The summed E-state index contributed by atoms with van der Waals surface area (Å²) in [5, 5.41) is 11.4. The average molecular weight is 185 g/mol. The molecule has 0 aromatic heterocycles. The van der Waals surface area contributed by atoms with Crippen molar-refractivity contribution in [3.05, 3.63) is 0 Å². The molecule has 4 heteroatoms. The van der Waals surface area contributed by atoms with Crippen molar-refractivity contribution in [2.24, 2.45) is 16.8 Å². The average Bonchev–Trinajstić information content (AvgIpc) is 2.18. The van der Waals surface area contributed by atoms with E-state index >= 15 is 0 Å². The fraction of sp³-hybridized carbons (Fsp3) is 0.889. The van der Waals surface area contributed by atoms with Crippen LogP contribution in [-0.2, 0) is 0 Å². The molecule has 0 aromatic rings. The summed E-state index contributed by atoms with van der Waals surface area (Å²) in [5.41, 5.74) is 5.46.